The minimum Gasteiger partial charge on any atom is -0.480 e. The highest BCUT2D eigenvalue weighted by atomic mass is 19.4. The van der Waals surface area contributed by atoms with Crippen molar-refractivity contribution in [1.29, 1.82) is 0 Å². The molecular weight excluding hydrogens is 311 g/mol. The van der Waals surface area contributed by atoms with Crippen LogP contribution in [0.3, 0.4) is 0 Å². The standard InChI is InChI=1S/C16H18F3NO3/c1-10(13(21)22)20-14(23)15(7-2-3-8-15)11-5-4-6-12(9-11)16(17,18)19/h4-6,9-10H,2-3,7-8H2,1H3,(H,20,23)(H,21,22)/t10-/m1/s1. The quantitative estimate of drug-likeness (QED) is 0.892. The van der Waals surface area contributed by atoms with Crippen LogP contribution in [-0.4, -0.2) is 23.0 Å². The molecule has 1 saturated carbocycles. The van der Waals surface area contributed by atoms with Gasteiger partial charge in [0.15, 0.2) is 0 Å². The first kappa shape index (κ1) is 17.3. The van der Waals surface area contributed by atoms with Crippen molar-refractivity contribution in [3.8, 4) is 0 Å². The summed E-state index contributed by atoms with van der Waals surface area (Å²) in [5.41, 5.74) is -1.61. The number of amides is 1. The van der Waals surface area contributed by atoms with Gasteiger partial charge < -0.3 is 10.4 Å². The predicted molar refractivity (Wildman–Crippen MR) is 76.8 cm³/mol. The molecule has 1 aromatic carbocycles. The van der Waals surface area contributed by atoms with E-state index in [2.05, 4.69) is 5.32 Å². The van der Waals surface area contributed by atoms with Crippen molar-refractivity contribution >= 4 is 11.9 Å². The minimum atomic E-state index is -4.49. The molecule has 7 heteroatoms. The maximum absolute atomic E-state index is 12.9. The minimum absolute atomic E-state index is 0.292. The number of carbonyl (C=O) groups is 2. The fourth-order valence-electron chi connectivity index (χ4n) is 3.02. The first-order valence-corrected chi connectivity index (χ1v) is 7.38. The molecule has 0 aliphatic heterocycles. The molecule has 1 aliphatic carbocycles. The van der Waals surface area contributed by atoms with Crippen LogP contribution in [0.4, 0.5) is 13.2 Å². The summed E-state index contributed by atoms with van der Waals surface area (Å²) in [4.78, 5) is 23.5. The molecule has 1 amide bonds. The van der Waals surface area contributed by atoms with Crippen molar-refractivity contribution in [2.24, 2.45) is 0 Å². The van der Waals surface area contributed by atoms with E-state index in [1.54, 1.807) is 0 Å². The zero-order chi connectivity index (χ0) is 17.3. The number of alkyl halides is 3. The van der Waals surface area contributed by atoms with E-state index in [4.69, 9.17) is 5.11 Å². The van der Waals surface area contributed by atoms with Gasteiger partial charge in [-0.1, -0.05) is 31.0 Å². The summed E-state index contributed by atoms with van der Waals surface area (Å²) in [7, 11) is 0. The summed E-state index contributed by atoms with van der Waals surface area (Å²) < 4.78 is 38.8. The maximum atomic E-state index is 12.9. The number of rotatable bonds is 4. The first-order valence-electron chi connectivity index (χ1n) is 7.38. The Morgan fingerprint density at radius 2 is 1.87 bits per heavy atom. The molecule has 0 saturated heterocycles. The van der Waals surface area contributed by atoms with Gasteiger partial charge in [-0.05, 0) is 31.4 Å². The number of hydrogen-bond acceptors (Lipinski definition) is 2. The van der Waals surface area contributed by atoms with Crippen LogP contribution in [-0.2, 0) is 21.2 Å². The molecule has 1 atom stereocenters. The third-order valence-corrected chi connectivity index (χ3v) is 4.35. The van der Waals surface area contributed by atoms with Gasteiger partial charge in [0.2, 0.25) is 5.91 Å². The van der Waals surface area contributed by atoms with E-state index in [0.717, 1.165) is 12.1 Å². The van der Waals surface area contributed by atoms with Crippen molar-refractivity contribution < 1.29 is 27.9 Å². The van der Waals surface area contributed by atoms with Crippen molar-refractivity contribution in [2.45, 2.75) is 50.2 Å². The van der Waals surface area contributed by atoms with Gasteiger partial charge in [0, 0.05) is 0 Å². The Morgan fingerprint density at radius 3 is 2.39 bits per heavy atom. The summed E-state index contributed by atoms with van der Waals surface area (Å²) in [6.45, 7) is 1.33. The Hall–Kier alpha value is -2.05. The van der Waals surface area contributed by atoms with Gasteiger partial charge in [-0.25, -0.2) is 0 Å². The van der Waals surface area contributed by atoms with E-state index in [-0.39, 0.29) is 0 Å². The molecule has 1 aliphatic rings. The lowest BCUT2D eigenvalue weighted by molar-refractivity contribution is -0.142. The number of nitrogens with one attached hydrogen (secondary N) is 1. The predicted octanol–water partition coefficient (Wildman–Crippen LogP) is 3.11. The number of halogens is 3. The highest BCUT2D eigenvalue weighted by molar-refractivity contribution is 5.91. The molecule has 0 aromatic heterocycles. The van der Waals surface area contributed by atoms with Crippen molar-refractivity contribution in [2.75, 3.05) is 0 Å². The Bertz CT molecular complexity index is 607. The number of hydrogen-bond donors (Lipinski definition) is 2. The van der Waals surface area contributed by atoms with Crippen LogP contribution in [0.2, 0.25) is 0 Å². The Kier molecular flexibility index (Phi) is 4.68. The summed E-state index contributed by atoms with van der Waals surface area (Å²) in [5, 5.41) is 11.3. The SMILES string of the molecule is C[C@@H](NC(=O)C1(c2cccc(C(F)(F)F)c2)CCCC1)C(=O)O. The summed E-state index contributed by atoms with van der Waals surface area (Å²) >= 11 is 0. The van der Waals surface area contributed by atoms with Gasteiger partial charge >= 0.3 is 12.1 Å². The van der Waals surface area contributed by atoms with Gasteiger partial charge in [-0.15, -0.1) is 0 Å². The molecule has 0 spiro atoms. The number of carboxylic acid groups (broad SMARTS) is 1. The largest absolute Gasteiger partial charge is 0.480 e. The molecule has 1 aromatic rings. The Labute approximate surface area is 131 Å². The summed E-state index contributed by atoms with van der Waals surface area (Å²) in [6, 6.07) is 3.66. The molecule has 0 radical (unpaired) electrons. The van der Waals surface area contributed by atoms with Gasteiger partial charge in [0.05, 0.1) is 11.0 Å². The normalized spacial score (nSPS) is 18.4. The lowest BCUT2D eigenvalue weighted by Crippen LogP contribution is -2.48. The fourth-order valence-corrected chi connectivity index (χ4v) is 3.02. The van der Waals surface area contributed by atoms with Crippen LogP contribution in [0, 0.1) is 0 Å². The molecule has 0 bridgehead atoms. The monoisotopic (exact) mass is 329 g/mol. The fraction of sp³-hybridized carbons (Fsp3) is 0.500. The Morgan fingerprint density at radius 1 is 1.26 bits per heavy atom. The molecule has 1 fully saturated rings. The van der Waals surface area contributed by atoms with Crippen LogP contribution in [0.25, 0.3) is 0 Å². The van der Waals surface area contributed by atoms with E-state index in [1.807, 2.05) is 0 Å². The average molecular weight is 329 g/mol. The van der Waals surface area contributed by atoms with E-state index >= 15 is 0 Å². The molecule has 2 N–H and O–H groups in total. The highest BCUT2D eigenvalue weighted by Crippen LogP contribution is 2.43. The van der Waals surface area contributed by atoms with Crippen LogP contribution in [0.1, 0.15) is 43.7 Å². The van der Waals surface area contributed by atoms with Crippen molar-refractivity contribution in [3.63, 3.8) is 0 Å². The van der Waals surface area contributed by atoms with Gasteiger partial charge in [-0.3, -0.25) is 9.59 Å². The number of benzene rings is 1. The molecule has 2 rings (SSSR count). The van der Waals surface area contributed by atoms with E-state index < -0.39 is 35.1 Å². The molecule has 0 heterocycles. The van der Waals surface area contributed by atoms with Crippen LogP contribution >= 0.6 is 0 Å². The molecule has 0 unspecified atom stereocenters. The number of aliphatic carboxylic acids is 1. The van der Waals surface area contributed by atoms with Crippen molar-refractivity contribution in [3.05, 3.63) is 35.4 Å². The molecule has 4 nitrogen and oxygen atoms in total. The van der Waals surface area contributed by atoms with Crippen LogP contribution < -0.4 is 5.32 Å². The first-order chi connectivity index (χ1) is 10.7. The molecule has 23 heavy (non-hydrogen) atoms. The average Bonchev–Trinajstić information content (AvgIpc) is 2.97. The lowest BCUT2D eigenvalue weighted by Gasteiger charge is -2.30. The van der Waals surface area contributed by atoms with Gasteiger partial charge in [-0.2, -0.15) is 13.2 Å². The van der Waals surface area contributed by atoms with E-state index in [9.17, 15) is 22.8 Å². The molecule has 126 valence electrons. The zero-order valence-corrected chi connectivity index (χ0v) is 12.6. The van der Waals surface area contributed by atoms with Crippen LogP contribution in [0.15, 0.2) is 24.3 Å². The summed E-state index contributed by atoms with van der Waals surface area (Å²) in [6.07, 6.45) is -2.24. The second-order valence-electron chi connectivity index (χ2n) is 5.90. The zero-order valence-electron chi connectivity index (χ0n) is 12.6. The summed E-state index contributed by atoms with van der Waals surface area (Å²) in [5.74, 6) is -1.71. The van der Waals surface area contributed by atoms with Crippen LogP contribution in [0.5, 0.6) is 0 Å². The van der Waals surface area contributed by atoms with Gasteiger partial charge in [0.25, 0.3) is 0 Å². The topological polar surface area (TPSA) is 66.4 Å². The highest BCUT2D eigenvalue weighted by Gasteiger charge is 2.44. The number of carboxylic acids is 1. The third-order valence-electron chi connectivity index (χ3n) is 4.35. The van der Waals surface area contributed by atoms with Gasteiger partial charge in [0.1, 0.15) is 6.04 Å². The van der Waals surface area contributed by atoms with E-state index in [0.29, 0.717) is 31.2 Å². The van der Waals surface area contributed by atoms with E-state index in [1.165, 1.54) is 19.1 Å². The second-order valence-corrected chi connectivity index (χ2v) is 5.90. The lowest BCUT2D eigenvalue weighted by atomic mass is 9.77. The third kappa shape index (κ3) is 3.48. The Balaban J connectivity index is 2.38. The maximum Gasteiger partial charge on any atom is 0.416 e. The smallest absolute Gasteiger partial charge is 0.416 e. The number of carbonyl (C=O) groups excluding carboxylic acids is 1. The molecular formula is C16H18F3NO3. The second kappa shape index (κ2) is 6.22. The van der Waals surface area contributed by atoms with Crippen molar-refractivity contribution in [1.82, 2.24) is 5.32 Å².